The number of nitrogens with one attached hydrogen (secondary N) is 1. The summed E-state index contributed by atoms with van der Waals surface area (Å²) in [6.07, 6.45) is 1.87. The lowest BCUT2D eigenvalue weighted by molar-refractivity contribution is 0.271. The molecule has 1 aromatic heterocycles. The number of aromatic nitrogens is 1. The number of fused-ring (bicyclic) bond motifs is 1. The van der Waals surface area contributed by atoms with E-state index in [1.807, 2.05) is 12.3 Å². The Morgan fingerprint density at radius 3 is 2.65 bits per heavy atom. The van der Waals surface area contributed by atoms with Crippen LogP contribution in [0.2, 0.25) is 0 Å². The minimum absolute atomic E-state index is 0.480. The van der Waals surface area contributed by atoms with Crippen LogP contribution in [0.15, 0.2) is 36.5 Å². The van der Waals surface area contributed by atoms with Gasteiger partial charge < -0.3 is 10.2 Å². The molecule has 0 aliphatic heterocycles. The van der Waals surface area contributed by atoms with Crippen molar-refractivity contribution in [3.05, 3.63) is 42.1 Å². The zero-order valence-electron chi connectivity index (χ0n) is 12.8. The molecule has 0 fully saturated rings. The van der Waals surface area contributed by atoms with Crippen LogP contribution in [0, 0.1) is 0 Å². The quantitative estimate of drug-likeness (QED) is 0.839. The van der Waals surface area contributed by atoms with E-state index in [0.29, 0.717) is 6.04 Å². The Balaban J connectivity index is 1.99. The average molecular weight is 271 g/mol. The molecule has 1 atom stereocenters. The van der Waals surface area contributed by atoms with Gasteiger partial charge in [0, 0.05) is 30.7 Å². The maximum Gasteiger partial charge on any atom is 0.0746 e. The maximum atomic E-state index is 4.50. The van der Waals surface area contributed by atoms with Crippen molar-refractivity contribution in [2.24, 2.45) is 0 Å². The first-order valence-electron chi connectivity index (χ1n) is 7.53. The standard InChI is InChI=1S/C17H25N3/c1-4-20(5-2)13-14(3)19-12-16-9-6-8-15-10-7-11-18-17(15)16/h6-11,14,19H,4-5,12-13H2,1-3H3. The normalized spacial score (nSPS) is 13.0. The summed E-state index contributed by atoms with van der Waals surface area (Å²) in [5, 5.41) is 4.82. The van der Waals surface area contributed by atoms with Crippen molar-refractivity contribution < 1.29 is 0 Å². The maximum absolute atomic E-state index is 4.50. The largest absolute Gasteiger partial charge is 0.309 e. The summed E-state index contributed by atoms with van der Waals surface area (Å²) < 4.78 is 0. The van der Waals surface area contributed by atoms with Gasteiger partial charge in [-0.25, -0.2) is 0 Å². The number of rotatable bonds is 7. The number of benzene rings is 1. The molecule has 0 bridgehead atoms. The molecule has 3 nitrogen and oxygen atoms in total. The van der Waals surface area contributed by atoms with Crippen molar-refractivity contribution in [3.8, 4) is 0 Å². The molecule has 1 N–H and O–H groups in total. The van der Waals surface area contributed by atoms with Crippen molar-refractivity contribution in [1.29, 1.82) is 0 Å². The smallest absolute Gasteiger partial charge is 0.0746 e. The number of hydrogen-bond acceptors (Lipinski definition) is 3. The van der Waals surface area contributed by atoms with Gasteiger partial charge in [-0.1, -0.05) is 38.1 Å². The van der Waals surface area contributed by atoms with Gasteiger partial charge in [0.1, 0.15) is 0 Å². The van der Waals surface area contributed by atoms with E-state index in [0.717, 1.165) is 31.7 Å². The van der Waals surface area contributed by atoms with Crippen LogP contribution in [-0.2, 0) is 6.54 Å². The summed E-state index contributed by atoms with van der Waals surface area (Å²) >= 11 is 0. The van der Waals surface area contributed by atoms with Gasteiger partial charge in [0.25, 0.3) is 0 Å². The van der Waals surface area contributed by atoms with Gasteiger partial charge in [-0.2, -0.15) is 0 Å². The summed E-state index contributed by atoms with van der Waals surface area (Å²) in [5.41, 5.74) is 2.38. The molecule has 20 heavy (non-hydrogen) atoms. The molecule has 0 radical (unpaired) electrons. The van der Waals surface area contributed by atoms with E-state index >= 15 is 0 Å². The number of nitrogens with zero attached hydrogens (tertiary/aromatic N) is 2. The SMILES string of the molecule is CCN(CC)CC(C)NCc1cccc2cccnc12. The van der Waals surface area contributed by atoms with Gasteiger partial charge in [-0.05, 0) is 31.6 Å². The third-order valence-corrected chi connectivity index (χ3v) is 3.78. The highest BCUT2D eigenvalue weighted by atomic mass is 15.1. The topological polar surface area (TPSA) is 28.2 Å². The molecule has 0 aliphatic rings. The Morgan fingerprint density at radius 2 is 1.90 bits per heavy atom. The molecule has 2 aromatic rings. The van der Waals surface area contributed by atoms with Crippen LogP contribution in [0.25, 0.3) is 10.9 Å². The van der Waals surface area contributed by atoms with Gasteiger partial charge in [0.15, 0.2) is 0 Å². The Labute approximate surface area is 122 Å². The molecule has 108 valence electrons. The molecular weight excluding hydrogens is 246 g/mol. The molecular formula is C17H25N3. The lowest BCUT2D eigenvalue weighted by Crippen LogP contribution is -2.38. The molecule has 0 spiro atoms. The number of likely N-dealkylation sites (N-methyl/N-ethyl adjacent to an activating group) is 1. The lowest BCUT2D eigenvalue weighted by Gasteiger charge is -2.23. The third kappa shape index (κ3) is 3.78. The van der Waals surface area contributed by atoms with E-state index in [4.69, 9.17) is 0 Å². The third-order valence-electron chi connectivity index (χ3n) is 3.78. The van der Waals surface area contributed by atoms with Crippen LogP contribution in [0.5, 0.6) is 0 Å². The zero-order valence-corrected chi connectivity index (χ0v) is 12.8. The number of para-hydroxylation sites is 1. The first kappa shape index (κ1) is 14.9. The Kier molecular flexibility index (Phi) is 5.50. The van der Waals surface area contributed by atoms with Gasteiger partial charge in [0.05, 0.1) is 5.52 Å². The monoisotopic (exact) mass is 271 g/mol. The minimum atomic E-state index is 0.480. The van der Waals surface area contributed by atoms with E-state index in [2.05, 4.69) is 60.2 Å². The fourth-order valence-electron chi connectivity index (χ4n) is 2.53. The molecule has 0 amide bonds. The Bertz CT molecular complexity index is 529. The van der Waals surface area contributed by atoms with Gasteiger partial charge in [0.2, 0.25) is 0 Å². The predicted octanol–water partition coefficient (Wildman–Crippen LogP) is 3.05. The van der Waals surface area contributed by atoms with E-state index in [9.17, 15) is 0 Å². The van der Waals surface area contributed by atoms with Crippen molar-refractivity contribution in [3.63, 3.8) is 0 Å². The van der Waals surface area contributed by atoms with E-state index in [1.165, 1.54) is 10.9 Å². The molecule has 1 heterocycles. The second kappa shape index (κ2) is 7.36. The van der Waals surface area contributed by atoms with Gasteiger partial charge in [-0.3, -0.25) is 4.98 Å². The molecule has 1 aromatic carbocycles. The summed E-state index contributed by atoms with van der Waals surface area (Å²) in [5.74, 6) is 0. The van der Waals surface area contributed by atoms with Crippen molar-refractivity contribution in [2.45, 2.75) is 33.4 Å². The molecule has 0 saturated heterocycles. The minimum Gasteiger partial charge on any atom is -0.309 e. The fourth-order valence-corrected chi connectivity index (χ4v) is 2.53. The lowest BCUT2D eigenvalue weighted by atomic mass is 10.1. The van der Waals surface area contributed by atoms with Crippen LogP contribution in [0.4, 0.5) is 0 Å². The second-order valence-corrected chi connectivity index (χ2v) is 5.26. The molecule has 2 rings (SSSR count). The van der Waals surface area contributed by atoms with Crippen molar-refractivity contribution in [2.75, 3.05) is 19.6 Å². The molecule has 3 heteroatoms. The van der Waals surface area contributed by atoms with Crippen LogP contribution in [0.3, 0.4) is 0 Å². The van der Waals surface area contributed by atoms with Crippen molar-refractivity contribution >= 4 is 10.9 Å². The van der Waals surface area contributed by atoms with Crippen LogP contribution in [-0.4, -0.2) is 35.6 Å². The van der Waals surface area contributed by atoms with Crippen molar-refractivity contribution in [1.82, 2.24) is 15.2 Å². The molecule has 0 aliphatic carbocycles. The molecule has 0 saturated carbocycles. The second-order valence-electron chi connectivity index (χ2n) is 5.26. The summed E-state index contributed by atoms with van der Waals surface area (Å²) in [4.78, 5) is 6.95. The first-order valence-corrected chi connectivity index (χ1v) is 7.53. The number of hydrogen-bond donors (Lipinski definition) is 1. The Morgan fingerprint density at radius 1 is 1.15 bits per heavy atom. The summed E-state index contributed by atoms with van der Waals surface area (Å²) in [6.45, 7) is 10.9. The average Bonchev–Trinajstić information content (AvgIpc) is 2.50. The molecule has 1 unspecified atom stereocenters. The highest BCUT2D eigenvalue weighted by Gasteiger charge is 2.08. The zero-order chi connectivity index (χ0) is 14.4. The van der Waals surface area contributed by atoms with E-state index in [-0.39, 0.29) is 0 Å². The fraction of sp³-hybridized carbons (Fsp3) is 0.471. The summed E-state index contributed by atoms with van der Waals surface area (Å²) in [7, 11) is 0. The Hall–Kier alpha value is -1.45. The first-order chi connectivity index (χ1) is 9.74. The van der Waals surface area contributed by atoms with Crippen LogP contribution in [0.1, 0.15) is 26.3 Å². The van der Waals surface area contributed by atoms with Gasteiger partial charge >= 0.3 is 0 Å². The van der Waals surface area contributed by atoms with E-state index < -0.39 is 0 Å². The predicted molar refractivity (Wildman–Crippen MR) is 85.8 cm³/mol. The van der Waals surface area contributed by atoms with Gasteiger partial charge in [-0.15, -0.1) is 0 Å². The summed E-state index contributed by atoms with van der Waals surface area (Å²) in [6, 6.07) is 11.0. The highest BCUT2D eigenvalue weighted by molar-refractivity contribution is 5.81. The van der Waals surface area contributed by atoms with Crippen LogP contribution >= 0.6 is 0 Å². The highest BCUT2D eigenvalue weighted by Crippen LogP contribution is 2.15. The van der Waals surface area contributed by atoms with Crippen LogP contribution < -0.4 is 5.32 Å². The number of pyridine rings is 1. The van der Waals surface area contributed by atoms with E-state index in [1.54, 1.807) is 0 Å².